The monoisotopic (exact) mass is 286 g/mol. The van der Waals surface area contributed by atoms with Crippen LogP contribution in [0.25, 0.3) is 0 Å². The van der Waals surface area contributed by atoms with Gasteiger partial charge in [0.15, 0.2) is 5.69 Å². The van der Waals surface area contributed by atoms with Crippen molar-refractivity contribution < 1.29 is 24.2 Å². The minimum absolute atomic E-state index is 0.0894. The highest BCUT2D eigenvalue weighted by Gasteiger charge is 2.11. The van der Waals surface area contributed by atoms with Crippen LogP contribution < -0.4 is 5.32 Å². The molecule has 9 heteroatoms. The van der Waals surface area contributed by atoms with Gasteiger partial charge in [-0.1, -0.05) is 5.21 Å². The van der Waals surface area contributed by atoms with Crippen LogP contribution in [-0.4, -0.2) is 65.5 Å². The fraction of sp³-hybridized carbons (Fsp3) is 0.636. The van der Waals surface area contributed by atoms with E-state index in [1.54, 1.807) is 7.11 Å². The maximum Gasteiger partial charge on any atom is 0.325 e. The quantitative estimate of drug-likeness (QED) is 0.538. The lowest BCUT2D eigenvalue weighted by Gasteiger charge is -2.04. The van der Waals surface area contributed by atoms with Crippen molar-refractivity contribution in [2.75, 3.05) is 33.5 Å². The van der Waals surface area contributed by atoms with Crippen molar-refractivity contribution in [1.29, 1.82) is 0 Å². The van der Waals surface area contributed by atoms with E-state index in [-0.39, 0.29) is 12.2 Å². The SMILES string of the molecule is COCCOCCCNC(=O)c1cn(CC(=O)O)nn1. The molecule has 0 saturated heterocycles. The van der Waals surface area contributed by atoms with E-state index in [9.17, 15) is 9.59 Å². The molecule has 1 aromatic heterocycles. The molecule has 112 valence electrons. The van der Waals surface area contributed by atoms with E-state index in [0.29, 0.717) is 32.8 Å². The molecule has 0 aliphatic heterocycles. The molecule has 0 aromatic carbocycles. The van der Waals surface area contributed by atoms with Crippen LogP contribution in [0, 0.1) is 0 Å². The number of aromatic nitrogens is 3. The van der Waals surface area contributed by atoms with Crippen LogP contribution in [0.2, 0.25) is 0 Å². The first-order valence-electron chi connectivity index (χ1n) is 6.10. The van der Waals surface area contributed by atoms with Crippen LogP contribution in [0.1, 0.15) is 16.9 Å². The number of amides is 1. The van der Waals surface area contributed by atoms with Crippen LogP contribution >= 0.6 is 0 Å². The normalized spacial score (nSPS) is 10.4. The van der Waals surface area contributed by atoms with Gasteiger partial charge in [0.2, 0.25) is 0 Å². The number of hydrogen-bond donors (Lipinski definition) is 2. The van der Waals surface area contributed by atoms with Gasteiger partial charge in [-0.3, -0.25) is 9.59 Å². The molecule has 0 atom stereocenters. The summed E-state index contributed by atoms with van der Waals surface area (Å²) in [4.78, 5) is 22.1. The van der Waals surface area contributed by atoms with Crippen molar-refractivity contribution in [3.8, 4) is 0 Å². The predicted molar refractivity (Wildman–Crippen MR) is 67.3 cm³/mol. The minimum Gasteiger partial charge on any atom is -0.480 e. The number of carbonyl (C=O) groups is 2. The van der Waals surface area contributed by atoms with E-state index in [0.717, 1.165) is 4.68 Å². The summed E-state index contributed by atoms with van der Waals surface area (Å²) in [6.07, 6.45) is 1.96. The third-order valence-corrected chi connectivity index (χ3v) is 2.25. The first-order chi connectivity index (χ1) is 9.63. The lowest BCUT2D eigenvalue weighted by atomic mass is 10.4. The van der Waals surface area contributed by atoms with E-state index in [4.69, 9.17) is 14.6 Å². The van der Waals surface area contributed by atoms with Gasteiger partial charge in [-0.05, 0) is 6.42 Å². The number of nitrogens with zero attached hydrogens (tertiary/aromatic N) is 3. The van der Waals surface area contributed by atoms with Crippen LogP contribution in [0.3, 0.4) is 0 Å². The van der Waals surface area contributed by atoms with Gasteiger partial charge in [0, 0.05) is 20.3 Å². The molecular weight excluding hydrogens is 268 g/mol. The molecular formula is C11H18N4O5. The first kappa shape index (κ1) is 16.1. The van der Waals surface area contributed by atoms with Crippen LogP contribution in [0.4, 0.5) is 0 Å². The summed E-state index contributed by atoms with van der Waals surface area (Å²) in [5, 5.41) is 18.3. The van der Waals surface area contributed by atoms with Crippen molar-refractivity contribution in [3.05, 3.63) is 11.9 Å². The van der Waals surface area contributed by atoms with Gasteiger partial charge in [0.25, 0.3) is 5.91 Å². The van der Waals surface area contributed by atoms with Crippen molar-refractivity contribution in [1.82, 2.24) is 20.3 Å². The topological polar surface area (TPSA) is 116 Å². The molecule has 1 aromatic rings. The Hall–Kier alpha value is -2.00. The van der Waals surface area contributed by atoms with Gasteiger partial charge in [-0.25, -0.2) is 4.68 Å². The number of nitrogens with one attached hydrogen (secondary N) is 1. The summed E-state index contributed by atoms with van der Waals surface area (Å²) < 4.78 is 11.1. The standard InChI is InChI=1S/C11H18N4O5/c1-19-5-6-20-4-2-3-12-11(18)9-7-15(14-13-9)8-10(16)17/h7H,2-6,8H2,1H3,(H,12,18)(H,16,17). The molecule has 1 rings (SSSR count). The Kier molecular flexibility index (Phi) is 7.22. The maximum atomic E-state index is 11.6. The van der Waals surface area contributed by atoms with Gasteiger partial charge in [-0.15, -0.1) is 5.10 Å². The van der Waals surface area contributed by atoms with E-state index in [1.807, 2.05) is 0 Å². The summed E-state index contributed by atoms with van der Waals surface area (Å²) in [5.41, 5.74) is 0.0894. The molecule has 0 aliphatic carbocycles. The van der Waals surface area contributed by atoms with Crippen molar-refractivity contribution in [3.63, 3.8) is 0 Å². The molecule has 20 heavy (non-hydrogen) atoms. The third-order valence-electron chi connectivity index (χ3n) is 2.25. The number of hydrogen-bond acceptors (Lipinski definition) is 6. The lowest BCUT2D eigenvalue weighted by Crippen LogP contribution is -2.25. The molecule has 0 spiro atoms. The fourth-order valence-corrected chi connectivity index (χ4v) is 1.33. The van der Waals surface area contributed by atoms with E-state index >= 15 is 0 Å². The summed E-state index contributed by atoms with van der Waals surface area (Å²) in [6.45, 7) is 1.70. The average Bonchev–Trinajstić information content (AvgIpc) is 2.85. The van der Waals surface area contributed by atoms with E-state index in [2.05, 4.69) is 15.6 Å². The van der Waals surface area contributed by atoms with Gasteiger partial charge >= 0.3 is 5.97 Å². The molecule has 0 unspecified atom stereocenters. The van der Waals surface area contributed by atoms with Crippen LogP contribution in [0.15, 0.2) is 6.20 Å². The highest BCUT2D eigenvalue weighted by atomic mass is 16.5. The van der Waals surface area contributed by atoms with Crippen molar-refractivity contribution in [2.24, 2.45) is 0 Å². The molecule has 2 N–H and O–H groups in total. The molecule has 1 amide bonds. The Balaban J connectivity index is 2.19. The minimum atomic E-state index is -1.05. The number of methoxy groups -OCH3 is 1. The van der Waals surface area contributed by atoms with Gasteiger partial charge in [-0.2, -0.15) is 0 Å². The highest BCUT2D eigenvalue weighted by molar-refractivity contribution is 5.91. The Morgan fingerprint density at radius 1 is 1.40 bits per heavy atom. The molecule has 0 aliphatic rings. The predicted octanol–water partition coefficient (Wildman–Crippen LogP) is -0.854. The zero-order valence-electron chi connectivity index (χ0n) is 11.2. The number of carboxylic acid groups (broad SMARTS) is 1. The second-order valence-electron chi connectivity index (χ2n) is 3.91. The second-order valence-corrected chi connectivity index (χ2v) is 3.91. The number of rotatable bonds is 10. The zero-order valence-corrected chi connectivity index (χ0v) is 11.2. The molecule has 0 radical (unpaired) electrons. The van der Waals surface area contributed by atoms with Crippen molar-refractivity contribution >= 4 is 11.9 Å². The number of carboxylic acids is 1. The number of aliphatic carboxylic acids is 1. The fourth-order valence-electron chi connectivity index (χ4n) is 1.33. The van der Waals surface area contributed by atoms with E-state index in [1.165, 1.54) is 6.20 Å². The Morgan fingerprint density at radius 2 is 2.20 bits per heavy atom. The third kappa shape index (κ3) is 6.25. The largest absolute Gasteiger partial charge is 0.480 e. The van der Waals surface area contributed by atoms with Crippen LogP contribution in [-0.2, 0) is 20.8 Å². The Labute approximate surface area is 115 Å². The van der Waals surface area contributed by atoms with Gasteiger partial charge < -0.3 is 19.9 Å². The average molecular weight is 286 g/mol. The lowest BCUT2D eigenvalue weighted by molar-refractivity contribution is -0.137. The molecule has 9 nitrogen and oxygen atoms in total. The summed E-state index contributed by atoms with van der Waals surface area (Å²) in [6, 6.07) is 0. The molecule has 0 bridgehead atoms. The number of carbonyl (C=O) groups excluding carboxylic acids is 1. The smallest absolute Gasteiger partial charge is 0.325 e. The number of ether oxygens (including phenoxy) is 2. The molecule has 0 fully saturated rings. The Morgan fingerprint density at radius 3 is 2.90 bits per heavy atom. The molecule has 0 saturated carbocycles. The van der Waals surface area contributed by atoms with E-state index < -0.39 is 11.9 Å². The maximum absolute atomic E-state index is 11.6. The van der Waals surface area contributed by atoms with Crippen molar-refractivity contribution in [2.45, 2.75) is 13.0 Å². The Bertz CT molecular complexity index is 434. The summed E-state index contributed by atoms with van der Waals surface area (Å²) >= 11 is 0. The summed E-state index contributed by atoms with van der Waals surface area (Å²) in [5.74, 6) is -1.44. The summed E-state index contributed by atoms with van der Waals surface area (Å²) in [7, 11) is 1.60. The van der Waals surface area contributed by atoms with Gasteiger partial charge in [0.05, 0.1) is 19.4 Å². The van der Waals surface area contributed by atoms with Crippen LogP contribution in [0.5, 0.6) is 0 Å². The highest BCUT2D eigenvalue weighted by Crippen LogP contribution is 1.93. The molecule has 1 heterocycles. The second kappa shape index (κ2) is 8.99. The zero-order chi connectivity index (χ0) is 14.8. The van der Waals surface area contributed by atoms with Gasteiger partial charge in [0.1, 0.15) is 6.54 Å². The first-order valence-corrected chi connectivity index (χ1v) is 6.10.